The number of hydrogen-bond acceptors (Lipinski definition) is 10. The van der Waals surface area contributed by atoms with Crippen molar-refractivity contribution in [2.24, 2.45) is 11.3 Å². The van der Waals surface area contributed by atoms with Crippen molar-refractivity contribution in [3.05, 3.63) is 151 Å². The van der Waals surface area contributed by atoms with Gasteiger partial charge in [-0.1, -0.05) is 73.0 Å². The third-order valence-corrected chi connectivity index (χ3v) is 14.6. The SMILES string of the molecule is CC1(C)CCC(CN2CCN(c3ccc(C(=O)NS(=O)(=O)c4cc5c(c([N+](=O)[O-])c4)C[C@@H](Cc4ccccc4Cl)CO5)c(Oc4cnc5[nH]ccc5c4)c3)CC2)=C(c2ccc(Cl)cc2)C1. The number of carbonyl (C=O) groups excluding carboxylic acids is 1. The number of fused-ring (bicyclic) bond motifs is 2. The van der Waals surface area contributed by atoms with E-state index in [-0.39, 0.29) is 47.0 Å². The number of H-pyrrole nitrogens is 1. The van der Waals surface area contributed by atoms with Crippen molar-refractivity contribution in [3.8, 4) is 17.2 Å². The summed E-state index contributed by atoms with van der Waals surface area (Å²) in [6, 6.07) is 26.4. The molecule has 4 heterocycles. The van der Waals surface area contributed by atoms with Crippen LogP contribution in [0.5, 0.6) is 17.2 Å². The minimum Gasteiger partial charge on any atom is -0.493 e. The molecule has 0 spiro atoms. The van der Waals surface area contributed by atoms with E-state index in [1.165, 1.54) is 35.0 Å². The highest BCUT2D eigenvalue weighted by molar-refractivity contribution is 7.90. The van der Waals surface area contributed by atoms with Gasteiger partial charge in [-0.15, -0.1) is 0 Å². The molecule has 9 rings (SSSR count). The van der Waals surface area contributed by atoms with E-state index in [0.717, 1.165) is 66.6 Å². The fourth-order valence-electron chi connectivity index (χ4n) is 9.14. The highest BCUT2D eigenvalue weighted by atomic mass is 35.5. The van der Waals surface area contributed by atoms with Crippen LogP contribution in [0.1, 0.15) is 60.2 Å². The van der Waals surface area contributed by atoms with Gasteiger partial charge in [-0.3, -0.25) is 19.8 Å². The lowest BCUT2D eigenvalue weighted by molar-refractivity contribution is -0.386. The second-order valence-electron chi connectivity index (χ2n) is 17.8. The quantitative estimate of drug-likeness (QED) is 0.0893. The number of pyridine rings is 1. The first kappa shape index (κ1) is 44.3. The van der Waals surface area contributed by atoms with Crippen molar-refractivity contribution in [2.75, 3.05) is 44.2 Å². The molecule has 16 heteroatoms. The molecule has 4 aromatic carbocycles. The summed E-state index contributed by atoms with van der Waals surface area (Å²) in [7, 11) is -4.65. The molecule has 1 atom stereocenters. The van der Waals surface area contributed by atoms with Crippen LogP contribution in [0.4, 0.5) is 11.4 Å². The third-order valence-electron chi connectivity index (χ3n) is 12.7. The highest BCUT2D eigenvalue weighted by Crippen LogP contribution is 2.44. The second-order valence-corrected chi connectivity index (χ2v) is 20.4. The lowest BCUT2D eigenvalue weighted by Crippen LogP contribution is -2.47. The number of allylic oxidation sites excluding steroid dienone is 1. The Morgan fingerprint density at radius 2 is 1.80 bits per heavy atom. The molecule has 2 N–H and O–H groups in total. The van der Waals surface area contributed by atoms with Gasteiger partial charge in [0.2, 0.25) is 0 Å². The zero-order valence-corrected chi connectivity index (χ0v) is 38.3. The first-order chi connectivity index (χ1) is 31.2. The fraction of sp³-hybridized carbons (Fsp3) is 0.306. The number of sulfonamides is 1. The van der Waals surface area contributed by atoms with Crippen molar-refractivity contribution < 1.29 is 27.6 Å². The van der Waals surface area contributed by atoms with Crippen LogP contribution in [0, 0.1) is 21.4 Å². The van der Waals surface area contributed by atoms with E-state index in [0.29, 0.717) is 35.9 Å². The zero-order chi connectivity index (χ0) is 45.5. The number of benzene rings is 4. The molecule has 65 heavy (non-hydrogen) atoms. The minimum atomic E-state index is -4.65. The van der Waals surface area contributed by atoms with E-state index < -0.39 is 31.4 Å². The molecule has 1 saturated heterocycles. The van der Waals surface area contributed by atoms with Gasteiger partial charge < -0.3 is 19.4 Å². The molecule has 1 amide bonds. The summed E-state index contributed by atoms with van der Waals surface area (Å²) in [4.78, 5) is 37.5. The Morgan fingerprint density at radius 3 is 2.57 bits per heavy atom. The van der Waals surface area contributed by atoms with Crippen molar-refractivity contribution in [2.45, 2.75) is 50.8 Å². The van der Waals surface area contributed by atoms with E-state index >= 15 is 0 Å². The number of halogens is 2. The Labute approximate surface area is 387 Å². The molecule has 0 saturated carbocycles. The Morgan fingerprint density at radius 1 is 1.02 bits per heavy atom. The summed E-state index contributed by atoms with van der Waals surface area (Å²) in [5.74, 6) is -0.589. The smallest absolute Gasteiger partial charge is 0.277 e. The van der Waals surface area contributed by atoms with Crippen molar-refractivity contribution in [3.63, 3.8) is 0 Å². The Bertz CT molecular complexity index is 2950. The highest BCUT2D eigenvalue weighted by Gasteiger charge is 2.33. The Balaban J connectivity index is 0.945. The first-order valence-corrected chi connectivity index (χ1v) is 23.9. The maximum absolute atomic E-state index is 14.1. The predicted molar refractivity (Wildman–Crippen MR) is 253 cm³/mol. The van der Waals surface area contributed by atoms with Gasteiger partial charge in [-0.25, -0.2) is 18.1 Å². The first-order valence-electron chi connectivity index (χ1n) is 21.6. The standard InChI is InChI=1S/C49H48Cl2N6O7S/c1-49(2)15-13-35(42(27-49)32-7-9-36(50)10-8-32)29-55-17-19-56(20-18-55)37-11-12-40(46(24-37)64-38-23-34-14-16-52-47(34)53-28-38)48(58)54-65(61,62)39-25-44(57(59)60)41-22-31(30-63-45(41)26-39)21-33-5-3-4-6-43(33)51/h3-12,14,16,23-26,28,31H,13,15,17-22,27,29-30H2,1-2H3,(H,52,53)(H,54,58)/t31-/m1/s1. The molecule has 0 radical (unpaired) electrons. The number of piperazine rings is 1. The average Bonchev–Trinajstić information content (AvgIpc) is 3.76. The topological polar surface area (TPSA) is 160 Å². The second kappa shape index (κ2) is 18.2. The van der Waals surface area contributed by atoms with Gasteiger partial charge in [0.25, 0.3) is 21.6 Å². The third kappa shape index (κ3) is 9.86. The van der Waals surface area contributed by atoms with Crippen LogP contribution in [-0.2, 0) is 22.9 Å². The van der Waals surface area contributed by atoms with E-state index in [9.17, 15) is 23.3 Å². The van der Waals surface area contributed by atoms with Gasteiger partial charge >= 0.3 is 0 Å². The van der Waals surface area contributed by atoms with Crippen LogP contribution in [0.25, 0.3) is 16.6 Å². The van der Waals surface area contributed by atoms with Crippen LogP contribution in [0.15, 0.2) is 114 Å². The number of anilines is 1. The molecule has 1 fully saturated rings. The molecule has 0 unspecified atom stereocenters. The van der Waals surface area contributed by atoms with E-state index in [4.69, 9.17) is 32.7 Å². The average molecular weight is 936 g/mol. The maximum atomic E-state index is 14.1. The van der Waals surface area contributed by atoms with Crippen molar-refractivity contribution >= 4 is 67.1 Å². The van der Waals surface area contributed by atoms with Crippen LogP contribution in [-0.4, -0.2) is 73.4 Å². The summed E-state index contributed by atoms with van der Waals surface area (Å²) < 4.78 is 42.3. The number of nitro groups is 1. The molecule has 1 aliphatic carbocycles. The van der Waals surface area contributed by atoms with Crippen LogP contribution in [0.2, 0.25) is 10.0 Å². The van der Waals surface area contributed by atoms with Gasteiger partial charge in [-0.05, 0) is 96.7 Å². The van der Waals surface area contributed by atoms with Crippen molar-refractivity contribution in [1.82, 2.24) is 19.6 Å². The summed E-state index contributed by atoms with van der Waals surface area (Å²) in [6.07, 6.45) is 7.25. The maximum Gasteiger partial charge on any atom is 0.277 e. The molecule has 6 aromatic rings. The van der Waals surface area contributed by atoms with Gasteiger partial charge in [-0.2, -0.15) is 0 Å². The van der Waals surface area contributed by atoms with Gasteiger partial charge in [0.15, 0.2) is 0 Å². The van der Waals surface area contributed by atoms with Crippen molar-refractivity contribution in [1.29, 1.82) is 0 Å². The molecular weight excluding hydrogens is 888 g/mol. The molecular formula is C49H48Cl2N6O7S. The monoisotopic (exact) mass is 934 g/mol. The van der Waals surface area contributed by atoms with E-state index in [1.54, 1.807) is 30.5 Å². The Kier molecular flexibility index (Phi) is 12.4. The normalized spacial score (nSPS) is 17.7. The zero-order valence-electron chi connectivity index (χ0n) is 36.0. The number of nitro benzene ring substituents is 1. The van der Waals surface area contributed by atoms with Gasteiger partial charge in [0, 0.05) is 84.2 Å². The molecule has 2 aliphatic heterocycles. The number of aromatic nitrogens is 2. The predicted octanol–water partition coefficient (Wildman–Crippen LogP) is 10.3. The molecule has 3 aliphatic rings. The summed E-state index contributed by atoms with van der Waals surface area (Å²) in [5.41, 5.74) is 6.45. The molecule has 2 aromatic heterocycles. The number of nitrogens with one attached hydrogen (secondary N) is 2. The minimum absolute atomic E-state index is 0.0573. The van der Waals surface area contributed by atoms with Gasteiger partial charge in [0.1, 0.15) is 22.9 Å². The Hall–Kier alpha value is -5.93. The van der Waals surface area contributed by atoms with Crippen LogP contribution < -0.4 is 19.1 Å². The largest absolute Gasteiger partial charge is 0.493 e. The number of hydrogen-bond donors (Lipinski definition) is 2. The summed E-state index contributed by atoms with van der Waals surface area (Å²) in [6.45, 7) is 8.78. The lowest BCUT2D eigenvalue weighted by atomic mass is 9.72. The number of aromatic amines is 1. The number of rotatable bonds is 12. The number of ether oxygens (including phenoxy) is 2. The molecule has 0 bridgehead atoms. The fourth-order valence-corrected chi connectivity index (χ4v) is 10.5. The molecule has 336 valence electrons. The summed E-state index contributed by atoms with van der Waals surface area (Å²) >= 11 is 12.6. The van der Waals surface area contributed by atoms with Crippen LogP contribution >= 0.6 is 23.2 Å². The van der Waals surface area contributed by atoms with Crippen LogP contribution in [0.3, 0.4) is 0 Å². The van der Waals surface area contributed by atoms with E-state index in [2.05, 4.69) is 50.5 Å². The lowest BCUT2D eigenvalue weighted by Gasteiger charge is -2.39. The number of carbonyl (C=O) groups is 1. The van der Waals surface area contributed by atoms with E-state index in [1.807, 2.05) is 36.4 Å². The molecule has 13 nitrogen and oxygen atoms in total. The number of amides is 1. The van der Waals surface area contributed by atoms with Gasteiger partial charge in [0.05, 0.1) is 33.7 Å². The number of nitrogens with zero attached hydrogens (tertiary/aromatic N) is 4. The summed E-state index contributed by atoms with van der Waals surface area (Å²) in [5, 5.41) is 14.5.